The van der Waals surface area contributed by atoms with Gasteiger partial charge < -0.3 is 20.7 Å². The number of nitrogens with two attached hydrogens (primary N) is 1. The molecule has 0 spiro atoms. The van der Waals surface area contributed by atoms with Crippen molar-refractivity contribution >= 4 is 33.1 Å². The van der Waals surface area contributed by atoms with E-state index >= 15 is 0 Å². The molecule has 7 nitrogen and oxygen atoms in total. The third-order valence-electron chi connectivity index (χ3n) is 6.04. The number of benzene rings is 1. The number of aliphatic hydroxyl groups excluding tert-OH is 1. The van der Waals surface area contributed by atoms with Crippen LogP contribution in [0.25, 0.3) is 10.9 Å². The molecule has 170 valence electrons. The predicted molar refractivity (Wildman–Crippen MR) is 133 cm³/mol. The molecule has 2 unspecified atom stereocenters. The molecular formula is C24H32N6OS. The lowest BCUT2D eigenvalue weighted by Crippen LogP contribution is -2.34. The Morgan fingerprint density at radius 2 is 2.22 bits per heavy atom. The molecule has 8 heteroatoms. The molecule has 1 saturated heterocycles. The highest BCUT2D eigenvalue weighted by molar-refractivity contribution is 7.15. The fourth-order valence-corrected chi connectivity index (χ4v) is 5.11. The number of para-hydroxylation sites is 1. The van der Waals surface area contributed by atoms with E-state index in [9.17, 15) is 5.11 Å². The van der Waals surface area contributed by atoms with E-state index in [4.69, 9.17) is 5.73 Å². The first-order valence-electron chi connectivity index (χ1n) is 11.2. The van der Waals surface area contributed by atoms with Crippen molar-refractivity contribution in [2.75, 3.05) is 25.0 Å². The fourth-order valence-electron chi connectivity index (χ4n) is 4.25. The molecule has 5 N–H and O–H groups in total. The SMILES string of the molecule is CCCCC(Cc1c[nH]c2ccccc12)NC(O)c1cnc(N2CC(=CN)C(=NC)C2)s1. The van der Waals surface area contributed by atoms with E-state index in [1.807, 2.05) is 6.07 Å². The first-order chi connectivity index (χ1) is 15.6. The zero-order chi connectivity index (χ0) is 22.5. The predicted octanol–water partition coefficient (Wildman–Crippen LogP) is 3.74. The van der Waals surface area contributed by atoms with E-state index in [1.165, 1.54) is 22.3 Å². The zero-order valence-corrected chi connectivity index (χ0v) is 19.5. The van der Waals surface area contributed by atoms with E-state index < -0.39 is 6.23 Å². The third-order valence-corrected chi connectivity index (χ3v) is 7.15. The van der Waals surface area contributed by atoms with Gasteiger partial charge in [0.25, 0.3) is 0 Å². The zero-order valence-electron chi connectivity index (χ0n) is 18.7. The van der Waals surface area contributed by atoms with Crippen LogP contribution in [0.2, 0.25) is 0 Å². The number of anilines is 1. The normalized spacial score (nSPS) is 18.8. The molecule has 3 aromatic rings. The highest BCUT2D eigenvalue weighted by Crippen LogP contribution is 2.30. The second-order valence-electron chi connectivity index (χ2n) is 8.24. The number of H-pyrrole nitrogens is 1. The van der Waals surface area contributed by atoms with Gasteiger partial charge in [-0.25, -0.2) is 4.98 Å². The number of unbranched alkanes of at least 4 members (excludes halogenated alkanes) is 1. The van der Waals surface area contributed by atoms with Crippen LogP contribution in [-0.2, 0) is 6.42 Å². The summed E-state index contributed by atoms with van der Waals surface area (Å²) in [6, 6.07) is 8.53. The largest absolute Gasteiger partial charge is 0.404 e. The molecule has 1 fully saturated rings. The quantitative estimate of drug-likeness (QED) is 0.371. The summed E-state index contributed by atoms with van der Waals surface area (Å²) in [5, 5.41) is 16.5. The Hall–Kier alpha value is -2.68. The number of aromatic amines is 1. The van der Waals surface area contributed by atoms with Gasteiger partial charge in [-0.15, -0.1) is 0 Å². The Bertz CT molecular complexity index is 1080. The van der Waals surface area contributed by atoms with Crippen molar-refractivity contribution < 1.29 is 5.11 Å². The van der Waals surface area contributed by atoms with Crippen LogP contribution in [0, 0.1) is 0 Å². The van der Waals surface area contributed by atoms with Crippen LogP contribution in [0.15, 0.2) is 53.4 Å². The van der Waals surface area contributed by atoms with Crippen LogP contribution < -0.4 is 16.0 Å². The van der Waals surface area contributed by atoms with E-state index in [2.05, 4.69) is 56.5 Å². The Balaban J connectivity index is 1.45. The van der Waals surface area contributed by atoms with Crippen LogP contribution in [-0.4, -0.2) is 47.0 Å². The van der Waals surface area contributed by atoms with Gasteiger partial charge in [0.15, 0.2) is 5.13 Å². The number of fused-ring (bicyclic) bond motifs is 1. The van der Waals surface area contributed by atoms with Crippen LogP contribution in [0.1, 0.15) is 42.9 Å². The van der Waals surface area contributed by atoms with Gasteiger partial charge in [0.05, 0.1) is 17.1 Å². The molecule has 1 aliphatic rings. The van der Waals surface area contributed by atoms with Gasteiger partial charge in [-0.05, 0) is 24.5 Å². The van der Waals surface area contributed by atoms with Gasteiger partial charge in [0, 0.05) is 54.7 Å². The number of hydrogen-bond donors (Lipinski definition) is 4. The smallest absolute Gasteiger partial charge is 0.186 e. The molecule has 4 rings (SSSR count). The van der Waals surface area contributed by atoms with Crippen LogP contribution >= 0.6 is 11.3 Å². The van der Waals surface area contributed by atoms with Gasteiger partial charge in [0.1, 0.15) is 6.23 Å². The van der Waals surface area contributed by atoms with Gasteiger partial charge in [-0.2, -0.15) is 0 Å². The van der Waals surface area contributed by atoms with E-state index in [-0.39, 0.29) is 6.04 Å². The monoisotopic (exact) mass is 452 g/mol. The van der Waals surface area contributed by atoms with Gasteiger partial charge in [-0.3, -0.25) is 10.3 Å². The van der Waals surface area contributed by atoms with Gasteiger partial charge >= 0.3 is 0 Å². The fraction of sp³-hybridized carbons (Fsp3) is 0.417. The Morgan fingerprint density at radius 1 is 1.38 bits per heavy atom. The summed E-state index contributed by atoms with van der Waals surface area (Å²) in [7, 11) is 1.79. The number of nitrogens with one attached hydrogen (secondary N) is 2. The van der Waals surface area contributed by atoms with E-state index in [1.54, 1.807) is 19.4 Å². The molecule has 0 radical (unpaired) electrons. The molecule has 0 amide bonds. The van der Waals surface area contributed by atoms with Gasteiger partial charge in [0.2, 0.25) is 0 Å². The maximum atomic E-state index is 11.0. The molecule has 3 heterocycles. The minimum Gasteiger partial charge on any atom is -0.404 e. The third kappa shape index (κ3) is 4.87. The number of rotatable bonds is 9. The molecular weight excluding hydrogens is 420 g/mol. The minimum atomic E-state index is -0.750. The molecule has 0 aliphatic carbocycles. The summed E-state index contributed by atoms with van der Waals surface area (Å²) in [6.07, 6.45) is 8.84. The summed E-state index contributed by atoms with van der Waals surface area (Å²) in [5.41, 5.74) is 10.2. The highest BCUT2D eigenvalue weighted by Gasteiger charge is 2.26. The number of aliphatic hydroxyl groups is 1. The molecule has 1 aromatic carbocycles. The average Bonchev–Trinajstić information content (AvgIpc) is 3.55. The number of hydrogen-bond acceptors (Lipinski definition) is 7. The molecule has 0 bridgehead atoms. The van der Waals surface area contributed by atoms with E-state index in [0.29, 0.717) is 13.1 Å². The minimum absolute atomic E-state index is 0.173. The number of aliphatic imine (C=N–C) groups is 1. The first-order valence-corrected chi connectivity index (χ1v) is 12.0. The molecule has 1 aliphatic heterocycles. The summed E-state index contributed by atoms with van der Waals surface area (Å²) in [5.74, 6) is 0. The second kappa shape index (κ2) is 10.3. The van der Waals surface area contributed by atoms with Gasteiger partial charge in [-0.1, -0.05) is 49.3 Å². The Kier molecular flexibility index (Phi) is 7.24. The molecule has 2 aromatic heterocycles. The second-order valence-corrected chi connectivity index (χ2v) is 9.28. The van der Waals surface area contributed by atoms with Crippen molar-refractivity contribution in [2.45, 2.75) is 44.9 Å². The number of nitrogens with zero attached hydrogens (tertiary/aromatic N) is 3. The maximum absolute atomic E-state index is 11.0. The Labute approximate surface area is 193 Å². The maximum Gasteiger partial charge on any atom is 0.186 e. The highest BCUT2D eigenvalue weighted by atomic mass is 32.1. The lowest BCUT2D eigenvalue weighted by Gasteiger charge is -2.22. The number of thiazole rings is 1. The summed E-state index contributed by atoms with van der Waals surface area (Å²) >= 11 is 1.51. The summed E-state index contributed by atoms with van der Waals surface area (Å²) in [6.45, 7) is 3.58. The summed E-state index contributed by atoms with van der Waals surface area (Å²) < 4.78 is 0. The van der Waals surface area contributed by atoms with E-state index in [0.717, 1.165) is 52.5 Å². The topological polar surface area (TPSA) is 103 Å². The van der Waals surface area contributed by atoms with Crippen molar-refractivity contribution in [3.8, 4) is 0 Å². The molecule has 0 saturated carbocycles. The molecule has 32 heavy (non-hydrogen) atoms. The van der Waals surface area contributed by atoms with Crippen LogP contribution in [0.3, 0.4) is 0 Å². The standard InChI is InChI=1S/C24H32N6OS/c1-3-4-7-18(10-16-12-27-20-9-6-5-8-19(16)20)29-23(31)22-13-28-24(32-22)30-14-17(11-25)21(15-30)26-2/h5-6,8-9,11-13,18,23,27,29,31H,3-4,7,10,14-15,25H2,1-2H3. The molecule has 2 atom stereocenters. The van der Waals surface area contributed by atoms with Crippen LogP contribution in [0.4, 0.5) is 5.13 Å². The first kappa shape index (κ1) is 22.5. The van der Waals surface area contributed by atoms with Crippen LogP contribution in [0.5, 0.6) is 0 Å². The lowest BCUT2D eigenvalue weighted by molar-refractivity contribution is 0.123. The summed E-state index contributed by atoms with van der Waals surface area (Å²) in [4.78, 5) is 15.2. The lowest BCUT2D eigenvalue weighted by atomic mass is 10.0. The average molecular weight is 453 g/mol. The van der Waals surface area contributed by atoms with Crippen molar-refractivity contribution in [3.05, 3.63) is 58.9 Å². The van der Waals surface area contributed by atoms with Crippen molar-refractivity contribution in [2.24, 2.45) is 10.7 Å². The van der Waals surface area contributed by atoms with Crippen molar-refractivity contribution in [1.29, 1.82) is 0 Å². The Morgan fingerprint density at radius 3 is 2.97 bits per heavy atom. The number of aromatic nitrogens is 2. The van der Waals surface area contributed by atoms with Crippen molar-refractivity contribution in [1.82, 2.24) is 15.3 Å². The van der Waals surface area contributed by atoms with Crippen molar-refractivity contribution in [3.63, 3.8) is 0 Å².